The highest BCUT2D eigenvalue weighted by Gasteiger charge is 2.26. The molecule has 0 N–H and O–H groups in total. The van der Waals surface area contributed by atoms with Crippen molar-refractivity contribution in [2.24, 2.45) is 0 Å². The van der Waals surface area contributed by atoms with Crippen LogP contribution in [-0.4, -0.2) is 66.7 Å². The van der Waals surface area contributed by atoms with Crippen LogP contribution in [0.15, 0.2) is 47.1 Å². The highest BCUT2D eigenvalue weighted by molar-refractivity contribution is 6.10. The van der Waals surface area contributed by atoms with Crippen molar-refractivity contribution in [1.29, 1.82) is 0 Å². The highest BCUT2D eigenvalue weighted by atomic mass is 16.3. The van der Waals surface area contributed by atoms with Crippen LogP contribution >= 0.6 is 0 Å². The van der Waals surface area contributed by atoms with Crippen molar-refractivity contribution in [2.75, 3.05) is 44.2 Å². The summed E-state index contributed by atoms with van der Waals surface area (Å²) in [7, 11) is 0. The molecule has 2 amide bonds. The summed E-state index contributed by atoms with van der Waals surface area (Å²) in [6, 6.07) is 10.8. The maximum atomic E-state index is 12.5. The standard InChI is InChI=1S/C23H27N3O4/c27-20-9-10-22(28)26(19-7-2-1-6-18(19)20)12-4-3-11-24-13-15-25(16-14-24)23(29)21-8-5-17-30-21/h1-2,5-8,17H,3-4,9-16H2. The zero-order chi connectivity index (χ0) is 20.9. The number of amides is 2. The van der Waals surface area contributed by atoms with E-state index in [2.05, 4.69) is 4.90 Å². The van der Waals surface area contributed by atoms with Gasteiger partial charge in [-0.2, -0.15) is 0 Å². The third-order valence-corrected chi connectivity index (χ3v) is 5.86. The number of ketones is 1. The largest absolute Gasteiger partial charge is 0.459 e. The van der Waals surface area contributed by atoms with Gasteiger partial charge >= 0.3 is 0 Å². The minimum atomic E-state index is -0.0486. The van der Waals surface area contributed by atoms with Crippen molar-refractivity contribution in [2.45, 2.75) is 25.7 Å². The Morgan fingerprint density at radius 2 is 1.67 bits per heavy atom. The number of piperazine rings is 1. The quantitative estimate of drug-likeness (QED) is 0.686. The first kappa shape index (κ1) is 20.3. The lowest BCUT2D eigenvalue weighted by Gasteiger charge is -2.34. The fourth-order valence-electron chi connectivity index (χ4n) is 4.15. The van der Waals surface area contributed by atoms with Gasteiger partial charge in [-0.3, -0.25) is 19.3 Å². The molecule has 0 bridgehead atoms. The molecule has 7 heteroatoms. The monoisotopic (exact) mass is 409 g/mol. The van der Waals surface area contributed by atoms with Gasteiger partial charge in [-0.05, 0) is 43.7 Å². The predicted octanol–water partition coefficient (Wildman–Crippen LogP) is 2.83. The summed E-state index contributed by atoms with van der Waals surface area (Å²) >= 11 is 0. The van der Waals surface area contributed by atoms with Crippen LogP contribution in [-0.2, 0) is 4.79 Å². The van der Waals surface area contributed by atoms with Gasteiger partial charge in [0.2, 0.25) is 5.91 Å². The second-order valence-electron chi connectivity index (χ2n) is 7.80. The van der Waals surface area contributed by atoms with Crippen LogP contribution in [0.1, 0.15) is 46.6 Å². The molecule has 7 nitrogen and oxygen atoms in total. The number of carbonyl (C=O) groups excluding carboxylic acids is 3. The van der Waals surface area contributed by atoms with E-state index in [1.165, 1.54) is 6.26 Å². The Bertz CT molecular complexity index is 901. The summed E-state index contributed by atoms with van der Waals surface area (Å²) in [6.07, 6.45) is 3.92. The molecule has 2 aromatic rings. The van der Waals surface area contributed by atoms with E-state index in [1.807, 2.05) is 29.2 Å². The molecule has 0 unspecified atom stereocenters. The van der Waals surface area contributed by atoms with Gasteiger partial charge in [-0.15, -0.1) is 0 Å². The molecule has 4 rings (SSSR count). The SMILES string of the molecule is O=C1CCC(=O)N(CCCCN2CCN(C(=O)c3ccco3)CC2)c2ccccc21. The van der Waals surface area contributed by atoms with Crippen LogP contribution in [0, 0.1) is 0 Å². The van der Waals surface area contributed by atoms with Crippen LogP contribution in [0.2, 0.25) is 0 Å². The minimum Gasteiger partial charge on any atom is -0.459 e. The number of fused-ring (bicyclic) bond motifs is 1. The number of Topliss-reactive ketones (excluding diaryl/α,β-unsaturated/α-hetero) is 1. The van der Waals surface area contributed by atoms with Gasteiger partial charge < -0.3 is 14.2 Å². The molecule has 2 aliphatic heterocycles. The maximum Gasteiger partial charge on any atom is 0.289 e. The van der Waals surface area contributed by atoms with Crippen molar-refractivity contribution in [3.8, 4) is 0 Å². The summed E-state index contributed by atoms with van der Waals surface area (Å²) in [5.41, 5.74) is 1.40. The first-order valence-corrected chi connectivity index (χ1v) is 10.6. The minimum absolute atomic E-state index is 0.0263. The summed E-state index contributed by atoms with van der Waals surface area (Å²) in [5.74, 6) is 0.415. The lowest BCUT2D eigenvalue weighted by Crippen LogP contribution is -2.48. The molecule has 0 atom stereocenters. The normalized spacial score (nSPS) is 17.7. The number of hydrogen-bond acceptors (Lipinski definition) is 5. The second kappa shape index (κ2) is 9.26. The Labute approximate surface area is 176 Å². The second-order valence-corrected chi connectivity index (χ2v) is 7.80. The Kier molecular flexibility index (Phi) is 6.28. The molecule has 1 saturated heterocycles. The fraction of sp³-hybridized carbons (Fsp3) is 0.435. The summed E-state index contributed by atoms with van der Waals surface area (Å²) in [6.45, 7) is 4.63. The average Bonchev–Trinajstić information content (AvgIpc) is 3.28. The fourth-order valence-corrected chi connectivity index (χ4v) is 4.15. The summed E-state index contributed by atoms with van der Waals surface area (Å²) in [4.78, 5) is 43.1. The highest BCUT2D eigenvalue weighted by Crippen LogP contribution is 2.27. The van der Waals surface area contributed by atoms with Gasteiger partial charge in [0, 0.05) is 51.1 Å². The van der Waals surface area contributed by atoms with Crippen molar-refractivity contribution >= 4 is 23.3 Å². The van der Waals surface area contributed by atoms with Gasteiger partial charge in [0.25, 0.3) is 5.91 Å². The molecule has 1 fully saturated rings. The van der Waals surface area contributed by atoms with E-state index in [-0.39, 0.29) is 30.4 Å². The van der Waals surface area contributed by atoms with Crippen molar-refractivity contribution in [1.82, 2.24) is 9.80 Å². The molecular formula is C23H27N3O4. The molecule has 1 aromatic heterocycles. The predicted molar refractivity (Wildman–Crippen MR) is 113 cm³/mol. The van der Waals surface area contributed by atoms with Crippen molar-refractivity contribution in [3.63, 3.8) is 0 Å². The Hall–Kier alpha value is -2.93. The number of benzene rings is 1. The van der Waals surface area contributed by atoms with Gasteiger partial charge in [-0.25, -0.2) is 0 Å². The van der Waals surface area contributed by atoms with Gasteiger partial charge in [0.05, 0.1) is 12.0 Å². The third-order valence-electron chi connectivity index (χ3n) is 5.86. The number of carbonyl (C=O) groups is 3. The van der Waals surface area contributed by atoms with Crippen molar-refractivity contribution < 1.29 is 18.8 Å². The van der Waals surface area contributed by atoms with Crippen LogP contribution < -0.4 is 4.90 Å². The van der Waals surface area contributed by atoms with E-state index in [0.29, 0.717) is 31.0 Å². The molecule has 0 spiro atoms. The topological polar surface area (TPSA) is 74.1 Å². The van der Waals surface area contributed by atoms with E-state index in [4.69, 9.17) is 4.42 Å². The van der Waals surface area contributed by atoms with Gasteiger partial charge in [0.15, 0.2) is 11.5 Å². The van der Waals surface area contributed by atoms with E-state index in [1.54, 1.807) is 17.0 Å². The Morgan fingerprint density at radius 1 is 0.900 bits per heavy atom. The molecule has 30 heavy (non-hydrogen) atoms. The number of nitrogens with zero attached hydrogens (tertiary/aromatic N) is 3. The molecule has 3 heterocycles. The lowest BCUT2D eigenvalue weighted by atomic mass is 10.1. The van der Waals surface area contributed by atoms with E-state index < -0.39 is 0 Å². The van der Waals surface area contributed by atoms with E-state index >= 15 is 0 Å². The van der Waals surface area contributed by atoms with Crippen LogP contribution in [0.25, 0.3) is 0 Å². The molecule has 0 saturated carbocycles. The van der Waals surface area contributed by atoms with Crippen molar-refractivity contribution in [3.05, 3.63) is 54.0 Å². The van der Waals surface area contributed by atoms with Gasteiger partial charge in [-0.1, -0.05) is 12.1 Å². The van der Waals surface area contributed by atoms with Crippen LogP contribution in [0.5, 0.6) is 0 Å². The van der Waals surface area contributed by atoms with E-state index in [0.717, 1.165) is 38.2 Å². The first-order chi connectivity index (χ1) is 14.6. The van der Waals surface area contributed by atoms with Gasteiger partial charge in [0.1, 0.15) is 0 Å². The molecule has 0 radical (unpaired) electrons. The number of anilines is 1. The molecule has 2 aliphatic rings. The zero-order valence-electron chi connectivity index (χ0n) is 17.1. The molecule has 0 aliphatic carbocycles. The Morgan fingerprint density at radius 3 is 2.43 bits per heavy atom. The number of rotatable bonds is 6. The molecular weight excluding hydrogens is 382 g/mol. The number of unbranched alkanes of at least 4 members (excludes halogenated alkanes) is 1. The smallest absolute Gasteiger partial charge is 0.289 e. The lowest BCUT2D eigenvalue weighted by molar-refractivity contribution is -0.118. The molecule has 1 aromatic carbocycles. The summed E-state index contributed by atoms with van der Waals surface area (Å²) in [5, 5.41) is 0. The zero-order valence-corrected chi connectivity index (χ0v) is 17.1. The van der Waals surface area contributed by atoms with Crippen LogP contribution in [0.4, 0.5) is 5.69 Å². The maximum absolute atomic E-state index is 12.5. The number of para-hydroxylation sites is 1. The molecule has 158 valence electrons. The summed E-state index contributed by atoms with van der Waals surface area (Å²) < 4.78 is 5.20. The van der Waals surface area contributed by atoms with E-state index in [9.17, 15) is 14.4 Å². The Balaban J connectivity index is 1.24. The third kappa shape index (κ3) is 4.46. The average molecular weight is 409 g/mol. The number of furan rings is 1. The van der Waals surface area contributed by atoms with Crippen LogP contribution in [0.3, 0.4) is 0 Å². The number of hydrogen-bond donors (Lipinski definition) is 0. The first-order valence-electron chi connectivity index (χ1n) is 10.6.